The molecule has 0 unspecified atom stereocenters. The average molecular weight is 285 g/mol. The summed E-state index contributed by atoms with van der Waals surface area (Å²) >= 11 is 0. The number of phenols is 1. The van der Waals surface area contributed by atoms with Crippen molar-refractivity contribution in [2.75, 3.05) is 13.6 Å². The molecule has 0 saturated carbocycles. The number of para-hydroxylation sites is 1. The van der Waals surface area contributed by atoms with Crippen molar-refractivity contribution in [3.05, 3.63) is 54.1 Å². The van der Waals surface area contributed by atoms with E-state index in [0.29, 0.717) is 25.8 Å². The van der Waals surface area contributed by atoms with Crippen LogP contribution in [0.5, 0.6) is 5.75 Å². The Morgan fingerprint density at radius 1 is 1.24 bits per heavy atom. The van der Waals surface area contributed by atoms with Crippen LogP contribution in [0.25, 0.3) is 0 Å². The number of hydrogen-bond acceptors (Lipinski definition) is 4. The lowest BCUT2D eigenvalue weighted by atomic mass is 10.1. The van der Waals surface area contributed by atoms with Crippen LogP contribution in [0.1, 0.15) is 17.7 Å². The van der Waals surface area contributed by atoms with Crippen LogP contribution in [0.4, 0.5) is 0 Å². The van der Waals surface area contributed by atoms with Gasteiger partial charge in [0.15, 0.2) is 0 Å². The first kappa shape index (κ1) is 15.0. The molecule has 110 valence electrons. The van der Waals surface area contributed by atoms with E-state index < -0.39 is 0 Å². The number of phenolic OH excluding ortho intramolecular Hbond substituents is 1. The van der Waals surface area contributed by atoms with Crippen molar-refractivity contribution in [3.8, 4) is 5.75 Å². The Bertz CT molecular complexity index is 587. The van der Waals surface area contributed by atoms with Crippen LogP contribution in [0.3, 0.4) is 0 Å². The second-order valence-electron chi connectivity index (χ2n) is 4.89. The molecule has 1 N–H and O–H groups in total. The number of nitrogens with zero attached hydrogens (tertiary/aromatic N) is 3. The smallest absolute Gasteiger partial charge is 0.222 e. The van der Waals surface area contributed by atoms with Gasteiger partial charge < -0.3 is 10.0 Å². The number of rotatable bonds is 6. The van der Waals surface area contributed by atoms with Crippen molar-refractivity contribution in [2.24, 2.45) is 0 Å². The first-order chi connectivity index (χ1) is 10.2. The van der Waals surface area contributed by atoms with Gasteiger partial charge in [0, 0.05) is 45.0 Å². The van der Waals surface area contributed by atoms with Crippen LogP contribution in [-0.4, -0.2) is 39.5 Å². The summed E-state index contributed by atoms with van der Waals surface area (Å²) < 4.78 is 0. The van der Waals surface area contributed by atoms with E-state index in [1.807, 2.05) is 12.1 Å². The van der Waals surface area contributed by atoms with Crippen molar-refractivity contribution < 1.29 is 9.90 Å². The largest absolute Gasteiger partial charge is 0.508 e. The molecule has 0 spiro atoms. The number of benzene rings is 1. The van der Waals surface area contributed by atoms with Crippen LogP contribution in [0.15, 0.2) is 42.9 Å². The van der Waals surface area contributed by atoms with Gasteiger partial charge in [-0.25, -0.2) is 0 Å². The Morgan fingerprint density at radius 2 is 2.05 bits per heavy atom. The van der Waals surface area contributed by atoms with Gasteiger partial charge in [0.1, 0.15) is 5.75 Å². The summed E-state index contributed by atoms with van der Waals surface area (Å²) in [5.41, 5.74) is 1.67. The Labute approximate surface area is 124 Å². The van der Waals surface area contributed by atoms with E-state index in [1.165, 1.54) is 0 Å². The van der Waals surface area contributed by atoms with Crippen molar-refractivity contribution in [1.82, 2.24) is 14.9 Å². The number of aromatic hydroxyl groups is 1. The van der Waals surface area contributed by atoms with Gasteiger partial charge in [-0.05, 0) is 18.1 Å². The van der Waals surface area contributed by atoms with Gasteiger partial charge in [-0.2, -0.15) is 0 Å². The summed E-state index contributed by atoms with van der Waals surface area (Å²) in [6.45, 7) is 0.609. The Balaban J connectivity index is 1.79. The van der Waals surface area contributed by atoms with Gasteiger partial charge in [0.25, 0.3) is 0 Å². The molecule has 5 nitrogen and oxygen atoms in total. The number of amides is 1. The topological polar surface area (TPSA) is 66.3 Å². The predicted molar refractivity (Wildman–Crippen MR) is 79.8 cm³/mol. The summed E-state index contributed by atoms with van der Waals surface area (Å²) in [5, 5.41) is 9.67. The third kappa shape index (κ3) is 4.56. The Hall–Kier alpha value is -2.43. The molecule has 0 aliphatic heterocycles. The first-order valence-electron chi connectivity index (χ1n) is 6.92. The number of aromatic nitrogens is 2. The monoisotopic (exact) mass is 285 g/mol. The first-order valence-corrected chi connectivity index (χ1v) is 6.92. The molecule has 1 amide bonds. The van der Waals surface area contributed by atoms with Crippen LogP contribution in [0, 0.1) is 0 Å². The van der Waals surface area contributed by atoms with E-state index in [2.05, 4.69) is 9.97 Å². The Morgan fingerprint density at radius 3 is 2.76 bits per heavy atom. The van der Waals surface area contributed by atoms with Crippen LogP contribution in [-0.2, 0) is 17.6 Å². The minimum Gasteiger partial charge on any atom is -0.508 e. The summed E-state index contributed by atoms with van der Waals surface area (Å²) in [6, 6.07) is 7.10. The van der Waals surface area contributed by atoms with Crippen LogP contribution < -0.4 is 0 Å². The van der Waals surface area contributed by atoms with Gasteiger partial charge in [-0.15, -0.1) is 0 Å². The average Bonchev–Trinajstić information content (AvgIpc) is 2.52. The molecule has 0 atom stereocenters. The quantitative estimate of drug-likeness (QED) is 0.879. The van der Waals surface area contributed by atoms with Gasteiger partial charge in [-0.3, -0.25) is 14.8 Å². The van der Waals surface area contributed by atoms with E-state index in [0.717, 1.165) is 11.3 Å². The number of carbonyl (C=O) groups is 1. The van der Waals surface area contributed by atoms with Crippen molar-refractivity contribution in [3.63, 3.8) is 0 Å². The molecule has 2 rings (SSSR count). The van der Waals surface area contributed by atoms with E-state index in [4.69, 9.17) is 0 Å². The molecule has 1 aromatic carbocycles. The molecule has 0 aliphatic carbocycles. The lowest BCUT2D eigenvalue weighted by Gasteiger charge is -2.17. The molecular formula is C16H19N3O2. The fourth-order valence-electron chi connectivity index (χ4n) is 2.02. The fraction of sp³-hybridized carbons (Fsp3) is 0.312. The number of carbonyl (C=O) groups excluding carboxylic acids is 1. The molecule has 1 aromatic heterocycles. The Kier molecular flexibility index (Phi) is 5.26. The second kappa shape index (κ2) is 7.38. The van der Waals surface area contributed by atoms with Crippen LogP contribution in [0.2, 0.25) is 0 Å². The third-order valence-corrected chi connectivity index (χ3v) is 3.35. The van der Waals surface area contributed by atoms with Gasteiger partial charge in [0.2, 0.25) is 5.91 Å². The zero-order valence-electron chi connectivity index (χ0n) is 12.1. The molecular weight excluding hydrogens is 266 g/mol. The third-order valence-electron chi connectivity index (χ3n) is 3.35. The molecule has 21 heavy (non-hydrogen) atoms. The zero-order chi connectivity index (χ0) is 15.1. The highest BCUT2D eigenvalue weighted by Crippen LogP contribution is 2.17. The lowest BCUT2D eigenvalue weighted by Crippen LogP contribution is -2.29. The van der Waals surface area contributed by atoms with E-state index in [9.17, 15) is 9.90 Å². The minimum atomic E-state index is 0.0575. The van der Waals surface area contributed by atoms with Crippen molar-refractivity contribution in [2.45, 2.75) is 19.3 Å². The molecule has 2 aromatic rings. The SMILES string of the molecule is CN(CCc1cnccn1)C(=O)CCc1ccccc1O. The number of aryl methyl sites for hydroxylation is 1. The fourth-order valence-corrected chi connectivity index (χ4v) is 2.02. The molecule has 5 heteroatoms. The summed E-state index contributed by atoms with van der Waals surface area (Å²) in [5.74, 6) is 0.301. The molecule has 0 radical (unpaired) electrons. The molecule has 0 aliphatic rings. The van der Waals surface area contributed by atoms with E-state index >= 15 is 0 Å². The maximum absolute atomic E-state index is 12.1. The highest BCUT2D eigenvalue weighted by molar-refractivity contribution is 5.76. The maximum Gasteiger partial charge on any atom is 0.222 e. The van der Waals surface area contributed by atoms with E-state index in [-0.39, 0.29) is 11.7 Å². The summed E-state index contributed by atoms with van der Waals surface area (Å²) in [4.78, 5) is 21.9. The minimum absolute atomic E-state index is 0.0575. The molecule has 1 heterocycles. The molecule has 0 saturated heterocycles. The highest BCUT2D eigenvalue weighted by Gasteiger charge is 2.10. The lowest BCUT2D eigenvalue weighted by molar-refractivity contribution is -0.129. The standard InChI is InChI=1S/C16H19N3O2/c1-19(11-8-14-12-17-9-10-18-14)16(21)7-6-13-4-2-3-5-15(13)20/h2-5,9-10,12,20H,6-8,11H2,1H3. The van der Waals surface area contributed by atoms with Crippen molar-refractivity contribution >= 4 is 5.91 Å². The predicted octanol–water partition coefficient (Wildman–Crippen LogP) is 1.82. The van der Waals surface area contributed by atoms with Gasteiger partial charge >= 0.3 is 0 Å². The van der Waals surface area contributed by atoms with Crippen molar-refractivity contribution in [1.29, 1.82) is 0 Å². The molecule has 0 bridgehead atoms. The normalized spacial score (nSPS) is 10.3. The molecule has 0 fully saturated rings. The number of likely N-dealkylation sites (N-methyl/N-ethyl adjacent to an activating group) is 1. The zero-order valence-corrected chi connectivity index (χ0v) is 12.1. The summed E-state index contributed by atoms with van der Waals surface area (Å²) in [6.07, 6.45) is 6.60. The van der Waals surface area contributed by atoms with Gasteiger partial charge in [-0.1, -0.05) is 18.2 Å². The summed E-state index contributed by atoms with van der Waals surface area (Å²) in [7, 11) is 1.78. The van der Waals surface area contributed by atoms with E-state index in [1.54, 1.807) is 42.7 Å². The number of hydrogen-bond donors (Lipinski definition) is 1. The van der Waals surface area contributed by atoms with Gasteiger partial charge in [0.05, 0.1) is 5.69 Å². The van der Waals surface area contributed by atoms with Crippen LogP contribution >= 0.6 is 0 Å². The highest BCUT2D eigenvalue weighted by atomic mass is 16.3. The second-order valence-corrected chi connectivity index (χ2v) is 4.89. The maximum atomic E-state index is 12.1.